The fraction of sp³-hybridized carbons (Fsp3) is 0.462. The first-order valence-electron chi connectivity index (χ1n) is 11.8. The maximum atomic E-state index is 14.1. The van der Waals surface area contributed by atoms with E-state index in [1.54, 1.807) is 23.8 Å². The number of nitrogens with zero attached hydrogens (tertiary/aromatic N) is 1. The maximum Gasteiger partial charge on any atom is 0.248 e. The Hall–Kier alpha value is -3.30. The predicted octanol–water partition coefficient (Wildman–Crippen LogP) is 3.04. The number of hydrogen-bond acceptors (Lipinski definition) is 6. The van der Waals surface area contributed by atoms with Crippen LogP contribution in [-0.2, 0) is 20.8 Å². The second-order valence-corrected chi connectivity index (χ2v) is 9.76. The number of aromatic nitrogens is 2. The highest BCUT2D eigenvalue weighted by atomic mass is 16.5. The minimum atomic E-state index is -1.42. The number of hydrazine groups is 1. The largest absolute Gasteiger partial charge is 0.348 e. The lowest BCUT2D eigenvalue weighted by Gasteiger charge is -2.41. The highest BCUT2D eigenvalue weighted by molar-refractivity contribution is 5.97. The highest BCUT2D eigenvalue weighted by Gasteiger charge is 2.52. The van der Waals surface area contributed by atoms with E-state index in [0.717, 1.165) is 5.56 Å². The fourth-order valence-electron chi connectivity index (χ4n) is 4.74. The van der Waals surface area contributed by atoms with Crippen LogP contribution in [0.3, 0.4) is 0 Å². The first-order chi connectivity index (χ1) is 16.6. The first-order valence-corrected chi connectivity index (χ1v) is 11.8. The number of H-pyrrole nitrogens is 1. The molecule has 0 aliphatic carbocycles. The topological polar surface area (TPSA) is 150 Å². The molecule has 0 aliphatic heterocycles. The lowest BCUT2D eigenvalue weighted by atomic mass is 9.60. The second-order valence-electron chi connectivity index (χ2n) is 9.76. The molecule has 0 fully saturated rings. The lowest BCUT2D eigenvalue weighted by molar-refractivity contribution is -0.151. The molecule has 6 N–H and O–H groups in total. The molecule has 0 spiro atoms. The zero-order chi connectivity index (χ0) is 26.0. The van der Waals surface area contributed by atoms with E-state index < -0.39 is 29.1 Å². The number of Topliss-reactive ketones (excluding diaryl/α,β-unsaturated/α-hetero) is 1. The maximum absolute atomic E-state index is 14.1. The number of amides is 2. The number of allylic oxidation sites excluding steroid dienone is 1. The quantitative estimate of drug-likeness (QED) is 0.128. The third-order valence-electron chi connectivity index (χ3n) is 6.10. The Kier molecular flexibility index (Phi) is 10.4. The minimum Gasteiger partial charge on any atom is -0.348 e. The molecule has 9 heteroatoms. The molecule has 35 heavy (non-hydrogen) atoms. The molecule has 2 amide bonds. The van der Waals surface area contributed by atoms with Gasteiger partial charge in [0.1, 0.15) is 5.78 Å². The normalized spacial score (nSPS) is 15.1. The highest BCUT2D eigenvalue weighted by Crippen LogP contribution is 2.45. The number of nitrogens with one attached hydrogen (secondary N) is 3. The van der Waals surface area contributed by atoms with Gasteiger partial charge in [0.25, 0.3) is 0 Å². The van der Waals surface area contributed by atoms with Gasteiger partial charge in [-0.25, -0.2) is 16.3 Å². The van der Waals surface area contributed by atoms with Crippen LogP contribution in [0.15, 0.2) is 48.9 Å². The second kappa shape index (κ2) is 13.0. The summed E-state index contributed by atoms with van der Waals surface area (Å²) in [5.41, 5.74) is 3.88. The van der Waals surface area contributed by atoms with Gasteiger partial charge in [-0.1, -0.05) is 70.2 Å². The lowest BCUT2D eigenvalue weighted by Crippen LogP contribution is -2.54. The van der Waals surface area contributed by atoms with Crippen molar-refractivity contribution >= 4 is 23.7 Å². The van der Waals surface area contributed by atoms with Crippen molar-refractivity contribution in [3.63, 3.8) is 0 Å². The van der Waals surface area contributed by atoms with Gasteiger partial charge in [0.2, 0.25) is 11.8 Å². The van der Waals surface area contributed by atoms with Gasteiger partial charge < -0.3 is 4.98 Å². The molecular formula is C26H37N5O4. The van der Waals surface area contributed by atoms with Crippen molar-refractivity contribution in [3.8, 4) is 0 Å². The summed E-state index contributed by atoms with van der Waals surface area (Å²) in [7, 11) is 0. The Morgan fingerprint density at radius 3 is 2.31 bits per heavy atom. The van der Waals surface area contributed by atoms with E-state index in [4.69, 9.17) is 5.84 Å². The molecule has 3 atom stereocenters. The summed E-state index contributed by atoms with van der Waals surface area (Å²) >= 11 is 0. The van der Waals surface area contributed by atoms with Crippen LogP contribution in [0.2, 0.25) is 0 Å². The Morgan fingerprint density at radius 2 is 1.80 bits per heavy atom. The molecule has 1 unspecified atom stereocenters. The molecule has 2 aromatic rings. The number of rotatable bonds is 13. The van der Waals surface area contributed by atoms with Gasteiger partial charge >= 0.3 is 0 Å². The molecule has 0 saturated carbocycles. The molecule has 1 aromatic heterocycles. The Morgan fingerprint density at radius 1 is 1.11 bits per heavy atom. The monoisotopic (exact) mass is 483 g/mol. The van der Waals surface area contributed by atoms with Crippen LogP contribution in [0.25, 0.3) is 6.08 Å². The summed E-state index contributed by atoms with van der Waals surface area (Å²) in [5.74, 6) is 1.70. The number of carbonyl (C=O) groups is 3. The Balaban J connectivity index is 2.79. The summed E-state index contributed by atoms with van der Waals surface area (Å²) < 4.78 is 0. The standard InChI is InChI=1S/C26H37N5O4/c1-17(2)12-21(24(33)30-27)23(25(34)31-35)26(14-18(3)4,11-10-19-8-6-5-7-9-19)22(32)13-20-15-28-16-29-20/h5-11,15-18,21,23,35H,12-14,27H2,1-4H3,(H,28,29)(H,30,33)(H,31,34)/b11-10+/t21-,23-,26?/m1/s1. The summed E-state index contributed by atoms with van der Waals surface area (Å²) in [6.45, 7) is 7.73. The van der Waals surface area contributed by atoms with Crippen molar-refractivity contribution in [2.75, 3.05) is 0 Å². The summed E-state index contributed by atoms with van der Waals surface area (Å²) in [6, 6.07) is 9.40. The van der Waals surface area contributed by atoms with Crippen molar-refractivity contribution in [2.24, 2.45) is 34.9 Å². The van der Waals surface area contributed by atoms with Crippen LogP contribution in [-0.4, -0.2) is 32.8 Å². The number of benzene rings is 1. The minimum absolute atomic E-state index is 0.0175. The molecule has 1 heterocycles. The molecular weight excluding hydrogens is 446 g/mol. The van der Waals surface area contributed by atoms with E-state index in [0.29, 0.717) is 5.69 Å². The van der Waals surface area contributed by atoms with Crippen LogP contribution in [0.1, 0.15) is 51.8 Å². The van der Waals surface area contributed by atoms with Crippen molar-refractivity contribution < 1.29 is 19.6 Å². The van der Waals surface area contributed by atoms with Gasteiger partial charge in [-0.2, -0.15) is 0 Å². The van der Waals surface area contributed by atoms with Crippen molar-refractivity contribution in [1.82, 2.24) is 20.9 Å². The van der Waals surface area contributed by atoms with Crippen LogP contribution in [0, 0.1) is 29.1 Å². The predicted molar refractivity (Wildman–Crippen MR) is 133 cm³/mol. The number of ketones is 1. The Labute approximate surface area is 206 Å². The number of carbonyl (C=O) groups excluding carboxylic acids is 3. The average Bonchev–Trinajstić information content (AvgIpc) is 3.34. The molecule has 0 aliphatic rings. The van der Waals surface area contributed by atoms with Crippen LogP contribution >= 0.6 is 0 Å². The summed E-state index contributed by atoms with van der Waals surface area (Å²) in [4.78, 5) is 47.4. The van der Waals surface area contributed by atoms with E-state index in [2.05, 4.69) is 15.4 Å². The smallest absolute Gasteiger partial charge is 0.248 e. The van der Waals surface area contributed by atoms with E-state index in [1.807, 2.05) is 58.0 Å². The first kappa shape index (κ1) is 27.9. The number of nitrogens with two attached hydrogens (primary N) is 1. The summed E-state index contributed by atoms with van der Waals surface area (Å²) in [5, 5.41) is 9.75. The zero-order valence-corrected chi connectivity index (χ0v) is 20.8. The van der Waals surface area contributed by atoms with Crippen molar-refractivity contribution in [1.29, 1.82) is 0 Å². The van der Waals surface area contributed by atoms with Gasteiger partial charge in [0, 0.05) is 18.3 Å². The SMILES string of the molecule is CC(C)C[C@@H](C(=O)NN)[C@H](C(=O)NO)C(/C=C/c1ccccc1)(CC(C)C)C(=O)Cc1cnc[nH]1. The van der Waals surface area contributed by atoms with Crippen LogP contribution in [0.5, 0.6) is 0 Å². The van der Waals surface area contributed by atoms with Crippen molar-refractivity contribution in [3.05, 3.63) is 60.2 Å². The number of aromatic amines is 1. The van der Waals surface area contributed by atoms with Crippen molar-refractivity contribution in [2.45, 2.75) is 47.0 Å². The molecule has 0 bridgehead atoms. The van der Waals surface area contributed by atoms with E-state index >= 15 is 0 Å². The zero-order valence-electron chi connectivity index (χ0n) is 20.8. The third-order valence-corrected chi connectivity index (χ3v) is 6.10. The molecule has 190 valence electrons. The average molecular weight is 484 g/mol. The molecule has 9 nitrogen and oxygen atoms in total. The van der Waals surface area contributed by atoms with Gasteiger partial charge in [-0.15, -0.1) is 0 Å². The molecule has 0 radical (unpaired) electrons. The summed E-state index contributed by atoms with van der Waals surface area (Å²) in [6.07, 6.45) is 7.08. The van der Waals surface area contributed by atoms with E-state index in [-0.39, 0.29) is 36.9 Å². The number of imidazole rings is 1. The van der Waals surface area contributed by atoms with E-state index in [9.17, 15) is 19.6 Å². The fourth-order valence-corrected chi connectivity index (χ4v) is 4.74. The van der Waals surface area contributed by atoms with Gasteiger partial charge in [0.05, 0.1) is 23.6 Å². The van der Waals surface area contributed by atoms with Gasteiger partial charge in [-0.3, -0.25) is 25.0 Å². The Bertz CT molecular complexity index is 988. The third kappa shape index (κ3) is 7.34. The van der Waals surface area contributed by atoms with Crippen LogP contribution < -0.4 is 16.7 Å². The van der Waals surface area contributed by atoms with Gasteiger partial charge in [0.15, 0.2) is 0 Å². The number of hydrogen-bond donors (Lipinski definition) is 5. The molecule has 1 aromatic carbocycles. The van der Waals surface area contributed by atoms with E-state index in [1.165, 1.54) is 6.33 Å². The molecule has 0 saturated heterocycles. The van der Waals surface area contributed by atoms with Gasteiger partial charge in [-0.05, 0) is 30.2 Å². The molecule has 2 rings (SSSR count). The van der Waals surface area contributed by atoms with Crippen LogP contribution in [0.4, 0.5) is 0 Å². The number of hydroxylamine groups is 1.